The van der Waals surface area contributed by atoms with E-state index >= 15 is 0 Å². The number of nitrogens with zero attached hydrogens (tertiary/aromatic N) is 1. The SMILES string of the molecule is CC(C)(C)C1CCCN(CCC(CO)NC2CC2)CC1. The molecule has 3 nitrogen and oxygen atoms in total. The van der Waals surface area contributed by atoms with Crippen molar-refractivity contribution in [2.75, 3.05) is 26.2 Å². The molecule has 0 aromatic rings. The van der Waals surface area contributed by atoms with E-state index in [9.17, 15) is 5.11 Å². The van der Waals surface area contributed by atoms with Crippen molar-refractivity contribution in [3.8, 4) is 0 Å². The number of aliphatic hydroxyl groups excluding tert-OH is 1. The summed E-state index contributed by atoms with van der Waals surface area (Å²) in [6.45, 7) is 11.1. The van der Waals surface area contributed by atoms with Crippen molar-refractivity contribution in [2.45, 2.75) is 71.4 Å². The fourth-order valence-electron chi connectivity index (χ4n) is 3.39. The highest BCUT2D eigenvalue weighted by molar-refractivity contribution is 4.85. The molecule has 1 saturated carbocycles. The first-order chi connectivity index (χ1) is 9.49. The second kappa shape index (κ2) is 7.24. The number of nitrogens with one attached hydrogen (secondary N) is 1. The third kappa shape index (κ3) is 5.34. The quantitative estimate of drug-likeness (QED) is 0.786. The van der Waals surface area contributed by atoms with E-state index in [2.05, 4.69) is 31.0 Å². The molecule has 1 saturated heterocycles. The van der Waals surface area contributed by atoms with Crippen LogP contribution in [-0.2, 0) is 0 Å². The molecule has 2 N–H and O–H groups in total. The average Bonchev–Trinajstić information content (AvgIpc) is 3.20. The molecule has 20 heavy (non-hydrogen) atoms. The van der Waals surface area contributed by atoms with Crippen LogP contribution in [0.5, 0.6) is 0 Å². The predicted molar refractivity (Wildman–Crippen MR) is 84.9 cm³/mol. The van der Waals surface area contributed by atoms with E-state index in [0.29, 0.717) is 17.5 Å². The lowest BCUT2D eigenvalue weighted by Gasteiger charge is -2.30. The minimum absolute atomic E-state index is 0.287. The second-order valence-corrected chi connectivity index (χ2v) is 7.94. The van der Waals surface area contributed by atoms with Gasteiger partial charge in [0.15, 0.2) is 0 Å². The maximum Gasteiger partial charge on any atom is 0.0585 e. The second-order valence-electron chi connectivity index (χ2n) is 7.94. The van der Waals surface area contributed by atoms with E-state index in [0.717, 1.165) is 18.9 Å². The lowest BCUT2D eigenvalue weighted by molar-refractivity contribution is 0.193. The number of rotatable bonds is 6. The van der Waals surface area contributed by atoms with Crippen molar-refractivity contribution in [2.24, 2.45) is 11.3 Å². The van der Waals surface area contributed by atoms with E-state index in [1.54, 1.807) is 0 Å². The van der Waals surface area contributed by atoms with E-state index in [4.69, 9.17) is 0 Å². The topological polar surface area (TPSA) is 35.5 Å². The highest BCUT2D eigenvalue weighted by atomic mass is 16.3. The third-order valence-corrected chi connectivity index (χ3v) is 5.11. The van der Waals surface area contributed by atoms with E-state index in [-0.39, 0.29) is 6.61 Å². The minimum atomic E-state index is 0.287. The van der Waals surface area contributed by atoms with Gasteiger partial charge in [-0.15, -0.1) is 0 Å². The normalized spacial score (nSPS) is 27.3. The average molecular weight is 282 g/mol. The molecule has 2 aliphatic rings. The standard InChI is InChI=1S/C17H34N2O/c1-17(2,3)14-5-4-10-19(11-8-14)12-9-16(13-20)18-15-6-7-15/h14-16,18,20H,4-13H2,1-3H3. The van der Waals surface area contributed by atoms with Crippen LogP contribution in [0.25, 0.3) is 0 Å². The molecule has 2 rings (SSSR count). The van der Waals surface area contributed by atoms with Gasteiger partial charge < -0.3 is 15.3 Å². The van der Waals surface area contributed by atoms with Gasteiger partial charge in [-0.1, -0.05) is 20.8 Å². The van der Waals surface area contributed by atoms with Crippen LogP contribution in [0.15, 0.2) is 0 Å². The lowest BCUT2D eigenvalue weighted by Crippen LogP contribution is -2.38. The van der Waals surface area contributed by atoms with Gasteiger partial charge in [-0.2, -0.15) is 0 Å². The number of hydrogen-bond acceptors (Lipinski definition) is 3. The smallest absolute Gasteiger partial charge is 0.0585 e. The molecule has 2 atom stereocenters. The van der Waals surface area contributed by atoms with Gasteiger partial charge in [0.25, 0.3) is 0 Å². The summed E-state index contributed by atoms with van der Waals surface area (Å²) in [5, 5.41) is 13.0. The van der Waals surface area contributed by atoms with Crippen molar-refractivity contribution in [3.05, 3.63) is 0 Å². The monoisotopic (exact) mass is 282 g/mol. The van der Waals surface area contributed by atoms with Crippen LogP contribution in [0.2, 0.25) is 0 Å². The molecule has 0 bridgehead atoms. The molecule has 1 heterocycles. The third-order valence-electron chi connectivity index (χ3n) is 5.11. The zero-order valence-electron chi connectivity index (χ0n) is 13.7. The number of hydrogen-bond donors (Lipinski definition) is 2. The van der Waals surface area contributed by atoms with Crippen LogP contribution in [0.4, 0.5) is 0 Å². The molecule has 2 unspecified atom stereocenters. The van der Waals surface area contributed by atoms with Crippen LogP contribution in [0, 0.1) is 11.3 Å². The van der Waals surface area contributed by atoms with Crippen LogP contribution >= 0.6 is 0 Å². The Labute approximate surface area is 125 Å². The first-order valence-electron chi connectivity index (χ1n) is 8.58. The van der Waals surface area contributed by atoms with Crippen molar-refractivity contribution < 1.29 is 5.11 Å². The Morgan fingerprint density at radius 1 is 1.15 bits per heavy atom. The fourth-order valence-corrected chi connectivity index (χ4v) is 3.39. The molecular formula is C17H34N2O. The first kappa shape index (κ1) is 16.3. The van der Waals surface area contributed by atoms with Crippen molar-refractivity contribution in [1.29, 1.82) is 0 Å². The maximum absolute atomic E-state index is 9.46. The summed E-state index contributed by atoms with van der Waals surface area (Å²) in [4.78, 5) is 2.61. The van der Waals surface area contributed by atoms with Gasteiger partial charge in [0.1, 0.15) is 0 Å². The van der Waals surface area contributed by atoms with Gasteiger partial charge in [-0.3, -0.25) is 0 Å². The summed E-state index contributed by atoms with van der Waals surface area (Å²) >= 11 is 0. The van der Waals surface area contributed by atoms with Gasteiger partial charge in [-0.25, -0.2) is 0 Å². The van der Waals surface area contributed by atoms with Crippen LogP contribution < -0.4 is 5.32 Å². The zero-order chi connectivity index (χ0) is 14.6. The summed E-state index contributed by atoms with van der Waals surface area (Å²) in [6, 6.07) is 1.01. The lowest BCUT2D eigenvalue weighted by atomic mass is 9.77. The molecule has 1 aliphatic heterocycles. The largest absolute Gasteiger partial charge is 0.395 e. The fraction of sp³-hybridized carbons (Fsp3) is 1.00. The molecular weight excluding hydrogens is 248 g/mol. The summed E-state index contributed by atoms with van der Waals surface area (Å²) in [5.41, 5.74) is 0.456. The molecule has 0 spiro atoms. The molecule has 118 valence electrons. The summed E-state index contributed by atoms with van der Waals surface area (Å²) < 4.78 is 0. The minimum Gasteiger partial charge on any atom is -0.395 e. The molecule has 1 aliphatic carbocycles. The molecule has 0 radical (unpaired) electrons. The predicted octanol–water partition coefficient (Wildman–Crippen LogP) is 2.64. The number of aliphatic hydroxyl groups is 1. The van der Waals surface area contributed by atoms with Gasteiger partial charge in [0, 0.05) is 12.1 Å². The Balaban J connectivity index is 1.70. The highest BCUT2D eigenvalue weighted by Gasteiger charge is 2.28. The van der Waals surface area contributed by atoms with Crippen LogP contribution in [-0.4, -0.2) is 48.3 Å². The van der Waals surface area contributed by atoms with E-state index in [1.807, 2.05) is 0 Å². The molecule has 3 heteroatoms. The Kier molecular flexibility index (Phi) is 5.88. The molecule has 0 aromatic heterocycles. The summed E-state index contributed by atoms with van der Waals surface area (Å²) in [6.07, 6.45) is 7.74. The van der Waals surface area contributed by atoms with Gasteiger partial charge in [-0.05, 0) is 69.5 Å². The van der Waals surface area contributed by atoms with Gasteiger partial charge >= 0.3 is 0 Å². The number of likely N-dealkylation sites (tertiary alicyclic amines) is 1. The van der Waals surface area contributed by atoms with Crippen molar-refractivity contribution in [1.82, 2.24) is 10.2 Å². The van der Waals surface area contributed by atoms with Crippen molar-refractivity contribution >= 4 is 0 Å². The Morgan fingerprint density at radius 2 is 1.90 bits per heavy atom. The van der Waals surface area contributed by atoms with Crippen LogP contribution in [0.1, 0.15) is 59.3 Å². The van der Waals surface area contributed by atoms with Gasteiger partial charge in [0.2, 0.25) is 0 Å². The first-order valence-corrected chi connectivity index (χ1v) is 8.58. The van der Waals surface area contributed by atoms with Gasteiger partial charge in [0.05, 0.1) is 6.61 Å². The molecule has 0 amide bonds. The van der Waals surface area contributed by atoms with Crippen LogP contribution in [0.3, 0.4) is 0 Å². The Hall–Kier alpha value is -0.120. The molecule has 0 aromatic carbocycles. The highest BCUT2D eigenvalue weighted by Crippen LogP contribution is 2.34. The molecule has 2 fully saturated rings. The summed E-state index contributed by atoms with van der Waals surface area (Å²) in [5.74, 6) is 0.866. The Morgan fingerprint density at radius 3 is 2.50 bits per heavy atom. The summed E-state index contributed by atoms with van der Waals surface area (Å²) in [7, 11) is 0. The van der Waals surface area contributed by atoms with Crippen molar-refractivity contribution in [3.63, 3.8) is 0 Å². The van der Waals surface area contributed by atoms with E-state index < -0.39 is 0 Å². The zero-order valence-corrected chi connectivity index (χ0v) is 13.7. The van der Waals surface area contributed by atoms with E-state index in [1.165, 1.54) is 45.2 Å². The maximum atomic E-state index is 9.46. The Bertz CT molecular complexity index is 283.